The zero-order valence-corrected chi connectivity index (χ0v) is 13.4. The Morgan fingerprint density at radius 1 is 1.23 bits per heavy atom. The summed E-state index contributed by atoms with van der Waals surface area (Å²) in [7, 11) is 0. The molecule has 2 aliphatic rings. The molecule has 22 heavy (non-hydrogen) atoms. The first-order valence-corrected chi connectivity index (χ1v) is 8.19. The van der Waals surface area contributed by atoms with Gasteiger partial charge in [0.2, 0.25) is 0 Å². The van der Waals surface area contributed by atoms with Crippen molar-refractivity contribution in [2.24, 2.45) is 0 Å². The van der Waals surface area contributed by atoms with Gasteiger partial charge >= 0.3 is 11.9 Å². The van der Waals surface area contributed by atoms with Gasteiger partial charge in [-0.05, 0) is 39.0 Å². The Balaban J connectivity index is 1.46. The third kappa shape index (κ3) is 4.83. The molecule has 1 saturated heterocycles. The molecule has 0 aromatic rings. The van der Waals surface area contributed by atoms with E-state index in [1.807, 2.05) is 0 Å². The van der Waals surface area contributed by atoms with E-state index in [0.717, 1.165) is 38.5 Å². The molecule has 2 unspecified atom stereocenters. The van der Waals surface area contributed by atoms with Gasteiger partial charge in [-0.25, -0.2) is 4.79 Å². The van der Waals surface area contributed by atoms with E-state index in [1.54, 1.807) is 6.92 Å². The number of fused-ring (bicyclic) bond motifs is 1. The highest BCUT2D eigenvalue weighted by Gasteiger charge is 2.57. The Hall–Kier alpha value is -1.36. The Bertz CT molecular complexity index is 431. The van der Waals surface area contributed by atoms with Gasteiger partial charge in [0.25, 0.3) is 0 Å². The van der Waals surface area contributed by atoms with Crippen LogP contribution >= 0.6 is 0 Å². The standard InChI is InChI=1S/C17H26O5/c1-13(2)16(19)20-11-7-3-4-9-15(18)21-12-17-10-6-5-8-14(17)22-17/h14H,1,3-12H2,2H3. The molecule has 0 N–H and O–H groups in total. The molecule has 2 fully saturated rings. The monoisotopic (exact) mass is 310 g/mol. The van der Waals surface area contributed by atoms with E-state index >= 15 is 0 Å². The van der Waals surface area contributed by atoms with E-state index < -0.39 is 0 Å². The normalized spacial score (nSPS) is 26.0. The zero-order chi connectivity index (χ0) is 16.0. The quantitative estimate of drug-likeness (QED) is 0.283. The predicted octanol–water partition coefficient (Wildman–Crippen LogP) is 2.92. The van der Waals surface area contributed by atoms with E-state index in [4.69, 9.17) is 14.2 Å². The maximum absolute atomic E-state index is 11.7. The summed E-state index contributed by atoms with van der Waals surface area (Å²) < 4.78 is 16.0. The number of epoxide rings is 1. The lowest BCUT2D eigenvalue weighted by Gasteiger charge is -2.16. The first-order valence-electron chi connectivity index (χ1n) is 8.19. The molecular weight excluding hydrogens is 284 g/mol. The van der Waals surface area contributed by atoms with E-state index in [-0.39, 0.29) is 17.5 Å². The van der Waals surface area contributed by atoms with Crippen LogP contribution in [-0.4, -0.2) is 36.9 Å². The molecule has 124 valence electrons. The highest BCUT2D eigenvalue weighted by molar-refractivity contribution is 5.86. The summed E-state index contributed by atoms with van der Waals surface area (Å²) in [6.07, 6.45) is 7.56. The minimum Gasteiger partial charge on any atom is -0.462 e. The molecule has 1 saturated carbocycles. The SMILES string of the molecule is C=C(C)C(=O)OCCCCCC(=O)OCC12CCCCC1O2. The van der Waals surface area contributed by atoms with Gasteiger partial charge in [-0.15, -0.1) is 0 Å². The van der Waals surface area contributed by atoms with Crippen molar-refractivity contribution in [3.05, 3.63) is 12.2 Å². The lowest BCUT2D eigenvalue weighted by atomic mass is 9.90. The second-order valence-electron chi connectivity index (χ2n) is 6.30. The summed E-state index contributed by atoms with van der Waals surface area (Å²) >= 11 is 0. The van der Waals surface area contributed by atoms with Crippen molar-refractivity contribution in [2.75, 3.05) is 13.2 Å². The Kier molecular flexibility index (Phi) is 6.00. The third-order valence-electron chi connectivity index (χ3n) is 4.31. The molecule has 5 nitrogen and oxygen atoms in total. The lowest BCUT2D eigenvalue weighted by Crippen LogP contribution is -2.27. The van der Waals surface area contributed by atoms with Crippen LogP contribution in [0.4, 0.5) is 0 Å². The molecule has 0 bridgehead atoms. The van der Waals surface area contributed by atoms with Crippen LogP contribution in [0.25, 0.3) is 0 Å². The number of carbonyl (C=O) groups excluding carboxylic acids is 2. The van der Waals surface area contributed by atoms with Crippen LogP contribution in [0, 0.1) is 0 Å². The van der Waals surface area contributed by atoms with Gasteiger partial charge in [0, 0.05) is 12.0 Å². The predicted molar refractivity (Wildman–Crippen MR) is 81.3 cm³/mol. The molecule has 0 amide bonds. The van der Waals surface area contributed by atoms with Crippen molar-refractivity contribution in [1.29, 1.82) is 0 Å². The maximum Gasteiger partial charge on any atom is 0.333 e. The van der Waals surface area contributed by atoms with E-state index in [9.17, 15) is 9.59 Å². The molecule has 2 atom stereocenters. The fourth-order valence-electron chi connectivity index (χ4n) is 2.86. The van der Waals surface area contributed by atoms with Crippen LogP contribution in [0.15, 0.2) is 12.2 Å². The second-order valence-corrected chi connectivity index (χ2v) is 6.30. The molecule has 0 radical (unpaired) electrons. The zero-order valence-electron chi connectivity index (χ0n) is 13.4. The number of esters is 2. The number of rotatable bonds is 9. The van der Waals surface area contributed by atoms with Crippen LogP contribution in [0.1, 0.15) is 58.3 Å². The lowest BCUT2D eigenvalue weighted by molar-refractivity contribution is -0.146. The van der Waals surface area contributed by atoms with Gasteiger partial charge < -0.3 is 14.2 Å². The van der Waals surface area contributed by atoms with Gasteiger partial charge in [-0.2, -0.15) is 0 Å². The van der Waals surface area contributed by atoms with E-state index in [2.05, 4.69) is 6.58 Å². The second kappa shape index (κ2) is 7.77. The fraction of sp³-hybridized carbons (Fsp3) is 0.765. The van der Waals surface area contributed by atoms with Crippen LogP contribution < -0.4 is 0 Å². The first kappa shape index (κ1) is 17.0. The summed E-state index contributed by atoms with van der Waals surface area (Å²) in [6, 6.07) is 0. The third-order valence-corrected chi connectivity index (χ3v) is 4.31. The van der Waals surface area contributed by atoms with Crippen LogP contribution in [0.2, 0.25) is 0 Å². The number of unbranched alkanes of at least 4 members (excludes halogenated alkanes) is 2. The average Bonchev–Trinajstić information content (AvgIpc) is 3.23. The van der Waals surface area contributed by atoms with Crippen molar-refractivity contribution < 1.29 is 23.8 Å². The molecule has 0 aromatic heterocycles. The maximum atomic E-state index is 11.7. The summed E-state index contributed by atoms with van der Waals surface area (Å²) in [6.45, 7) is 5.92. The van der Waals surface area contributed by atoms with Crippen LogP contribution in [0.5, 0.6) is 0 Å². The number of carbonyl (C=O) groups is 2. The minimum atomic E-state index is -0.356. The Labute approximate surface area is 132 Å². The first-order chi connectivity index (χ1) is 10.5. The highest BCUT2D eigenvalue weighted by Crippen LogP contribution is 2.47. The molecule has 1 heterocycles. The molecule has 2 rings (SSSR count). The van der Waals surface area contributed by atoms with Crippen LogP contribution in [0.3, 0.4) is 0 Å². The van der Waals surface area contributed by atoms with Gasteiger partial charge in [-0.1, -0.05) is 19.4 Å². The van der Waals surface area contributed by atoms with Crippen LogP contribution in [-0.2, 0) is 23.8 Å². The van der Waals surface area contributed by atoms with E-state index in [0.29, 0.717) is 31.3 Å². The average molecular weight is 310 g/mol. The molecule has 5 heteroatoms. The van der Waals surface area contributed by atoms with Crippen molar-refractivity contribution in [2.45, 2.75) is 70.0 Å². The summed E-state index contributed by atoms with van der Waals surface area (Å²) in [5.74, 6) is -0.515. The van der Waals surface area contributed by atoms with Crippen molar-refractivity contribution >= 4 is 11.9 Å². The minimum absolute atomic E-state index is 0.148. The number of ether oxygens (including phenoxy) is 3. The van der Waals surface area contributed by atoms with Crippen molar-refractivity contribution in [3.63, 3.8) is 0 Å². The molecular formula is C17H26O5. The molecule has 0 spiro atoms. The Morgan fingerprint density at radius 2 is 2.05 bits per heavy atom. The largest absolute Gasteiger partial charge is 0.462 e. The number of hydrogen-bond donors (Lipinski definition) is 0. The molecule has 1 aliphatic heterocycles. The Morgan fingerprint density at radius 3 is 2.77 bits per heavy atom. The summed E-state index contributed by atoms with van der Waals surface area (Å²) in [5.41, 5.74) is 0.260. The fourth-order valence-corrected chi connectivity index (χ4v) is 2.86. The molecule has 0 aromatic carbocycles. The van der Waals surface area contributed by atoms with E-state index in [1.165, 1.54) is 6.42 Å². The summed E-state index contributed by atoms with van der Waals surface area (Å²) in [4.78, 5) is 22.8. The topological polar surface area (TPSA) is 65.1 Å². The summed E-state index contributed by atoms with van der Waals surface area (Å²) in [5, 5.41) is 0. The van der Waals surface area contributed by atoms with Gasteiger partial charge in [0.15, 0.2) is 0 Å². The smallest absolute Gasteiger partial charge is 0.333 e. The molecule has 1 aliphatic carbocycles. The van der Waals surface area contributed by atoms with Gasteiger partial charge in [0.1, 0.15) is 12.2 Å². The van der Waals surface area contributed by atoms with Crippen molar-refractivity contribution in [1.82, 2.24) is 0 Å². The van der Waals surface area contributed by atoms with Gasteiger partial charge in [0.05, 0.1) is 12.7 Å². The van der Waals surface area contributed by atoms with Gasteiger partial charge in [-0.3, -0.25) is 4.79 Å². The van der Waals surface area contributed by atoms with Crippen molar-refractivity contribution in [3.8, 4) is 0 Å². The highest BCUT2D eigenvalue weighted by atomic mass is 16.6. The number of hydrogen-bond acceptors (Lipinski definition) is 5.